The Balaban J connectivity index is 2.72. The monoisotopic (exact) mass is 164 g/mol. The van der Waals surface area contributed by atoms with Crippen molar-refractivity contribution in [2.24, 2.45) is 5.41 Å². The van der Waals surface area contributed by atoms with Crippen LogP contribution in [0.25, 0.3) is 0 Å². The van der Waals surface area contributed by atoms with Crippen molar-refractivity contribution in [3.8, 4) is 0 Å². The topological polar surface area (TPSA) is 0 Å². The van der Waals surface area contributed by atoms with E-state index in [0.29, 0.717) is 5.41 Å². The fraction of sp³-hybridized carbons (Fsp3) is 0.667. The van der Waals surface area contributed by atoms with Crippen molar-refractivity contribution < 1.29 is 0 Å². The van der Waals surface area contributed by atoms with Gasteiger partial charge >= 0.3 is 0 Å². The second-order valence-corrected chi connectivity index (χ2v) is 4.40. The minimum absolute atomic E-state index is 0.422. The van der Waals surface area contributed by atoms with Crippen LogP contribution in [0.1, 0.15) is 46.0 Å². The highest BCUT2D eigenvalue weighted by Gasteiger charge is 2.33. The molecule has 1 aliphatic rings. The third-order valence-corrected chi connectivity index (χ3v) is 3.11. The molecule has 0 aliphatic heterocycles. The quantitative estimate of drug-likeness (QED) is 0.551. The van der Waals surface area contributed by atoms with E-state index in [1.54, 1.807) is 0 Å². The van der Waals surface area contributed by atoms with Crippen molar-refractivity contribution in [2.75, 3.05) is 0 Å². The van der Waals surface area contributed by atoms with E-state index in [-0.39, 0.29) is 0 Å². The highest BCUT2D eigenvalue weighted by Crippen LogP contribution is 2.47. The van der Waals surface area contributed by atoms with Crippen molar-refractivity contribution >= 4 is 0 Å². The van der Waals surface area contributed by atoms with Crippen LogP contribution in [0.3, 0.4) is 0 Å². The molecule has 0 amide bonds. The second kappa shape index (κ2) is 3.47. The summed E-state index contributed by atoms with van der Waals surface area (Å²) in [6.07, 6.45) is 6.56. The lowest BCUT2D eigenvalue weighted by Crippen LogP contribution is -2.17. The number of hydrogen-bond acceptors (Lipinski definition) is 0. The van der Waals surface area contributed by atoms with E-state index in [2.05, 4.69) is 27.0 Å². The summed E-state index contributed by atoms with van der Waals surface area (Å²) in [5.41, 5.74) is 3.09. The smallest absolute Gasteiger partial charge is 0.00566 e. The van der Waals surface area contributed by atoms with Crippen LogP contribution in [0.4, 0.5) is 0 Å². The summed E-state index contributed by atoms with van der Waals surface area (Å²) in [5.74, 6) is 0. The summed E-state index contributed by atoms with van der Waals surface area (Å²) < 4.78 is 0. The van der Waals surface area contributed by atoms with Gasteiger partial charge in [-0.15, -0.1) is 6.58 Å². The molecule has 1 fully saturated rings. The van der Waals surface area contributed by atoms with Crippen LogP contribution in [-0.2, 0) is 0 Å². The Labute approximate surface area is 76.4 Å². The van der Waals surface area contributed by atoms with E-state index in [9.17, 15) is 0 Å². The molecule has 0 atom stereocenters. The van der Waals surface area contributed by atoms with Gasteiger partial charge in [0.1, 0.15) is 0 Å². The van der Waals surface area contributed by atoms with Gasteiger partial charge in [-0.2, -0.15) is 0 Å². The molecule has 0 nitrogen and oxygen atoms in total. The predicted octanol–water partition coefficient (Wildman–Crippen LogP) is 4.09. The molecule has 1 aliphatic carbocycles. The van der Waals surface area contributed by atoms with Gasteiger partial charge in [-0.1, -0.05) is 30.6 Å². The van der Waals surface area contributed by atoms with E-state index in [1.165, 1.54) is 36.8 Å². The van der Waals surface area contributed by atoms with E-state index < -0.39 is 0 Å². The molecular formula is C12H20. The van der Waals surface area contributed by atoms with Crippen LogP contribution in [0.2, 0.25) is 0 Å². The first-order valence-electron chi connectivity index (χ1n) is 4.87. The Hall–Kier alpha value is -0.520. The lowest BCUT2D eigenvalue weighted by molar-refractivity contribution is 0.365. The second-order valence-electron chi connectivity index (χ2n) is 4.40. The maximum Gasteiger partial charge on any atom is -0.00566 e. The van der Waals surface area contributed by atoms with Crippen molar-refractivity contribution in [1.82, 2.24) is 0 Å². The Morgan fingerprint density at radius 3 is 2.00 bits per heavy atom. The molecule has 0 aromatic heterocycles. The SMILES string of the molecule is C=C(C)CC1(C(=C)C)CCCC1. The maximum atomic E-state index is 4.12. The summed E-state index contributed by atoms with van der Waals surface area (Å²) in [6, 6.07) is 0. The Morgan fingerprint density at radius 2 is 1.67 bits per heavy atom. The zero-order chi connectivity index (χ0) is 9.19. The first kappa shape index (κ1) is 9.57. The number of allylic oxidation sites excluding steroid dienone is 2. The van der Waals surface area contributed by atoms with E-state index in [1.807, 2.05) is 0 Å². The molecule has 0 bridgehead atoms. The molecule has 0 unspecified atom stereocenters. The normalized spacial score (nSPS) is 20.8. The molecule has 0 heteroatoms. The van der Waals surface area contributed by atoms with Crippen molar-refractivity contribution in [3.05, 3.63) is 24.3 Å². The number of hydrogen-bond donors (Lipinski definition) is 0. The summed E-state index contributed by atoms with van der Waals surface area (Å²) in [4.78, 5) is 0. The van der Waals surface area contributed by atoms with Gasteiger partial charge in [-0.05, 0) is 38.5 Å². The van der Waals surface area contributed by atoms with Crippen LogP contribution in [0.5, 0.6) is 0 Å². The Kier molecular flexibility index (Phi) is 2.76. The van der Waals surface area contributed by atoms with Gasteiger partial charge in [-0.25, -0.2) is 0 Å². The first-order valence-corrected chi connectivity index (χ1v) is 4.87. The Morgan fingerprint density at radius 1 is 1.17 bits per heavy atom. The summed E-state index contributed by atoms with van der Waals surface area (Å²) in [5, 5.41) is 0. The third kappa shape index (κ3) is 1.80. The van der Waals surface area contributed by atoms with Crippen LogP contribution in [0, 0.1) is 5.41 Å². The van der Waals surface area contributed by atoms with Crippen LogP contribution >= 0.6 is 0 Å². The first-order chi connectivity index (χ1) is 5.57. The zero-order valence-electron chi connectivity index (χ0n) is 8.45. The average molecular weight is 164 g/mol. The lowest BCUT2D eigenvalue weighted by atomic mass is 9.75. The zero-order valence-corrected chi connectivity index (χ0v) is 8.45. The molecule has 0 spiro atoms. The van der Waals surface area contributed by atoms with E-state index in [0.717, 1.165) is 6.42 Å². The standard InChI is InChI=1S/C12H20/c1-10(2)9-12(11(3)4)7-5-6-8-12/h1,3,5-9H2,2,4H3. The molecule has 0 radical (unpaired) electrons. The van der Waals surface area contributed by atoms with Crippen molar-refractivity contribution in [1.29, 1.82) is 0 Å². The average Bonchev–Trinajstić information content (AvgIpc) is 2.35. The van der Waals surface area contributed by atoms with Crippen LogP contribution in [-0.4, -0.2) is 0 Å². The fourth-order valence-electron chi connectivity index (χ4n) is 2.38. The molecule has 0 heterocycles. The number of rotatable bonds is 3. The lowest BCUT2D eigenvalue weighted by Gasteiger charge is -2.29. The summed E-state index contributed by atoms with van der Waals surface area (Å²) >= 11 is 0. The van der Waals surface area contributed by atoms with Crippen molar-refractivity contribution in [2.45, 2.75) is 46.0 Å². The highest BCUT2D eigenvalue weighted by molar-refractivity contribution is 5.14. The van der Waals surface area contributed by atoms with Gasteiger partial charge in [0.05, 0.1) is 0 Å². The molecule has 68 valence electrons. The van der Waals surface area contributed by atoms with Crippen molar-refractivity contribution in [3.63, 3.8) is 0 Å². The third-order valence-electron chi connectivity index (χ3n) is 3.11. The predicted molar refractivity (Wildman–Crippen MR) is 55.1 cm³/mol. The molecule has 12 heavy (non-hydrogen) atoms. The van der Waals surface area contributed by atoms with E-state index >= 15 is 0 Å². The molecule has 0 aromatic rings. The molecule has 0 N–H and O–H groups in total. The minimum Gasteiger partial charge on any atom is -0.100 e. The molecule has 1 saturated carbocycles. The van der Waals surface area contributed by atoms with Gasteiger partial charge in [0.25, 0.3) is 0 Å². The largest absolute Gasteiger partial charge is 0.100 e. The van der Waals surface area contributed by atoms with Crippen LogP contribution in [0.15, 0.2) is 24.3 Å². The Bertz CT molecular complexity index is 192. The minimum atomic E-state index is 0.422. The fourth-order valence-corrected chi connectivity index (χ4v) is 2.38. The molecule has 0 saturated heterocycles. The summed E-state index contributed by atoms with van der Waals surface area (Å²) in [6.45, 7) is 12.4. The van der Waals surface area contributed by atoms with Gasteiger partial charge in [0, 0.05) is 0 Å². The van der Waals surface area contributed by atoms with Gasteiger partial charge < -0.3 is 0 Å². The van der Waals surface area contributed by atoms with Gasteiger partial charge in [-0.3, -0.25) is 0 Å². The van der Waals surface area contributed by atoms with Crippen LogP contribution < -0.4 is 0 Å². The van der Waals surface area contributed by atoms with E-state index in [4.69, 9.17) is 0 Å². The van der Waals surface area contributed by atoms with Gasteiger partial charge in [0.2, 0.25) is 0 Å². The molecule has 0 aromatic carbocycles. The maximum absolute atomic E-state index is 4.12. The van der Waals surface area contributed by atoms with Gasteiger partial charge in [0.15, 0.2) is 0 Å². The highest BCUT2D eigenvalue weighted by atomic mass is 14.4. The molecular weight excluding hydrogens is 144 g/mol. The summed E-state index contributed by atoms with van der Waals surface area (Å²) in [7, 11) is 0. The molecule has 1 rings (SSSR count).